The third-order valence-corrected chi connectivity index (χ3v) is 7.21. The molecule has 1 aliphatic heterocycles. The SMILES string of the molecule is CC[C@@H](c1nnnn1C1CCCC1)N(Cc1ccco1)Cc1cc2cc3c(cc2[nH]c1=O)OCCO3. The number of ether oxygens (including phenoxy) is 2. The predicted octanol–water partition coefficient (Wildman–Crippen LogP) is 4.15. The van der Waals surface area contributed by atoms with Gasteiger partial charge in [-0.3, -0.25) is 9.69 Å². The van der Waals surface area contributed by atoms with E-state index >= 15 is 0 Å². The number of H-pyrrole nitrogens is 1. The topological polar surface area (TPSA) is 111 Å². The number of fused-ring (bicyclic) bond motifs is 2. The van der Waals surface area contributed by atoms with E-state index in [1.165, 1.54) is 12.8 Å². The number of benzene rings is 1. The summed E-state index contributed by atoms with van der Waals surface area (Å²) < 4.78 is 19.1. The van der Waals surface area contributed by atoms with Crippen LogP contribution in [0.2, 0.25) is 0 Å². The minimum atomic E-state index is -0.131. The Hall–Kier alpha value is -3.66. The number of aromatic nitrogens is 5. The first-order valence-corrected chi connectivity index (χ1v) is 12.7. The van der Waals surface area contributed by atoms with Crippen LogP contribution < -0.4 is 15.0 Å². The van der Waals surface area contributed by atoms with Crippen molar-refractivity contribution < 1.29 is 13.9 Å². The van der Waals surface area contributed by atoms with Crippen molar-refractivity contribution >= 4 is 10.9 Å². The Bertz CT molecular complexity index is 1390. The van der Waals surface area contributed by atoms with Crippen molar-refractivity contribution in [3.8, 4) is 11.5 Å². The van der Waals surface area contributed by atoms with Crippen LogP contribution in [0, 0.1) is 0 Å². The van der Waals surface area contributed by atoms with Crippen LogP contribution in [0.3, 0.4) is 0 Å². The van der Waals surface area contributed by atoms with Gasteiger partial charge in [-0.25, -0.2) is 4.68 Å². The summed E-state index contributed by atoms with van der Waals surface area (Å²) in [5.74, 6) is 3.01. The van der Waals surface area contributed by atoms with Crippen LogP contribution in [0.4, 0.5) is 0 Å². The molecule has 0 radical (unpaired) electrons. The van der Waals surface area contributed by atoms with E-state index in [1.807, 2.05) is 35.0 Å². The van der Waals surface area contributed by atoms with Gasteiger partial charge in [-0.1, -0.05) is 19.8 Å². The zero-order valence-corrected chi connectivity index (χ0v) is 20.4. The van der Waals surface area contributed by atoms with Gasteiger partial charge in [0.25, 0.3) is 5.56 Å². The van der Waals surface area contributed by atoms with Crippen molar-refractivity contribution in [2.75, 3.05) is 13.2 Å². The summed E-state index contributed by atoms with van der Waals surface area (Å²) in [6, 6.07) is 9.78. The number of rotatable bonds is 8. The number of pyridine rings is 1. The zero-order valence-electron chi connectivity index (χ0n) is 20.4. The monoisotopic (exact) mass is 490 g/mol. The fourth-order valence-corrected chi connectivity index (χ4v) is 5.44. The molecule has 4 aromatic rings. The number of nitrogens with zero attached hydrogens (tertiary/aromatic N) is 5. The summed E-state index contributed by atoms with van der Waals surface area (Å²) in [6.45, 7) is 4.08. The molecule has 1 aliphatic carbocycles. The van der Waals surface area contributed by atoms with Crippen LogP contribution in [-0.4, -0.2) is 43.3 Å². The predicted molar refractivity (Wildman–Crippen MR) is 132 cm³/mol. The third kappa shape index (κ3) is 4.37. The highest BCUT2D eigenvalue weighted by molar-refractivity contribution is 5.83. The standard InChI is InChI=1S/C26H30N6O4/c1-2-22(25-28-29-30-32(25)19-6-3-4-7-19)31(16-20-8-5-9-34-20)15-18-12-17-13-23-24(36-11-10-35-23)14-21(17)27-26(18)33/h5,8-9,12-14,19,22H,2-4,6-7,10-11,15-16H2,1H3,(H,27,33)/t22-/m0/s1. The molecule has 1 atom stereocenters. The average molecular weight is 491 g/mol. The fraction of sp³-hybridized carbons (Fsp3) is 0.462. The number of furan rings is 1. The van der Waals surface area contributed by atoms with Crippen LogP contribution >= 0.6 is 0 Å². The van der Waals surface area contributed by atoms with Gasteiger partial charge >= 0.3 is 0 Å². The molecule has 6 rings (SSSR count). The lowest BCUT2D eigenvalue weighted by Gasteiger charge is -2.30. The first-order valence-electron chi connectivity index (χ1n) is 12.7. The Morgan fingerprint density at radius 1 is 1.14 bits per heavy atom. The molecular weight excluding hydrogens is 460 g/mol. The number of hydrogen-bond acceptors (Lipinski definition) is 8. The van der Waals surface area contributed by atoms with Crippen molar-refractivity contribution in [1.82, 2.24) is 30.1 Å². The highest BCUT2D eigenvalue weighted by atomic mass is 16.6. The third-order valence-electron chi connectivity index (χ3n) is 7.21. The highest BCUT2D eigenvalue weighted by Gasteiger charge is 2.30. The zero-order chi connectivity index (χ0) is 24.5. The van der Waals surface area contributed by atoms with Crippen LogP contribution in [0.5, 0.6) is 11.5 Å². The largest absolute Gasteiger partial charge is 0.486 e. The molecule has 0 bridgehead atoms. The van der Waals surface area contributed by atoms with Gasteiger partial charge in [0, 0.05) is 23.6 Å². The van der Waals surface area contributed by atoms with E-state index in [2.05, 4.69) is 32.3 Å². The van der Waals surface area contributed by atoms with E-state index in [9.17, 15) is 4.79 Å². The van der Waals surface area contributed by atoms with Gasteiger partial charge in [0.1, 0.15) is 19.0 Å². The second-order valence-corrected chi connectivity index (χ2v) is 9.54. The fourth-order valence-electron chi connectivity index (χ4n) is 5.44. The molecular formula is C26H30N6O4. The van der Waals surface area contributed by atoms with Gasteiger partial charge in [0.15, 0.2) is 17.3 Å². The van der Waals surface area contributed by atoms with Gasteiger partial charge in [-0.15, -0.1) is 5.10 Å². The Labute approximate surface area is 208 Å². The maximum Gasteiger partial charge on any atom is 0.252 e. The maximum atomic E-state index is 13.2. The quantitative estimate of drug-likeness (QED) is 0.392. The van der Waals surface area contributed by atoms with Crippen molar-refractivity contribution in [3.63, 3.8) is 0 Å². The van der Waals surface area contributed by atoms with Crippen LogP contribution in [0.15, 0.2) is 45.8 Å². The van der Waals surface area contributed by atoms with Gasteiger partial charge < -0.3 is 18.9 Å². The van der Waals surface area contributed by atoms with E-state index in [1.54, 1.807) is 6.26 Å². The Kier molecular flexibility index (Phi) is 6.18. The smallest absolute Gasteiger partial charge is 0.252 e. The van der Waals surface area contributed by atoms with Crippen molar-refractivity contribution in [1.29, 1.82) is 0 Å². The number of hydrogen-bond donors (Lipinski definition) is 1. The Morgan fingerprint density at radius 2 is 1.94 bits per heavy atom. The normalized spacial score (nSPS) is 16.7. The van der Waals surface area contributed by atoms with Gasteiger partial charge in [-0.2, -0.15) is 0 Å². The lowest BCUT2D eigenvalue weighted by atomic mass is 10.1. The molecule has 10 nitrogen and oxygen atoms in total. The lowest BCUT2D eigenvalue weighted by molar-refractivity contribution is 0.146. The molecule has 36 heavy (non-hydrogen) atoms. The molecule has 10 heteroatoms. The molecule has 1 saturated carbocycles. The molecule has 188 valence electrons. The first-order chi connectivity index (χ1) is 17.7. The van der Waals surface area contributed by atoms with Crippen molar-refractivity contribution in [2.24, 2.45) is 0 Å². The van der Waals surface area contributed by atoms with Crippen LogP contribution in [0.1, 0.15) is 68.3 Å². The molecule has 1 N–H and O–H groups in total. The van der Waals surface area contributed by atoms with E-state index in [0.717, 1.165) is 41.8 Å². The van der Waals surface area contributed by atoms with E-state index in [-0.39, 0.29) is 11.6 Å². The molecule has 0 spiro atoms. The molecule has 2 aliphatic rings. The molecule has 3 aromatic heterocycles. The van der Waals surface area contributed by atoms with E-state index in [4.69, 9.17) is 13.9 Å². The second-order valence-electron chi connectivity index (χ2n) is 9.54. The molecule has 4 heterocycles. The molecule has 0 unspecified atom stereocenters. The summed E-state index contributed by atoms with van der Waals surface area (Å²) in [4.78, 5) is 18.4. The number of aromatic amines is 1. The van der Waals surface area contributed by atoms with Gasteiger partial charge in [0.05, 0.1) is 30.4 Å². The number of tetrazole rings is 1. The minimum absolute atomic E-state index is 0.0823. The summed E-state index contributed by atoms with van der Waals surface area (Å²) in [5, 5.41) is 13.8. The van der Waals surface area contributed by atoms with Gasteiger partial charge in [-0.05, 0) is 54.0 Å². The van der Waals surface area contributed by atoms with E-state index < -0.39 is 0 Å². The average Bonchev–Trinajstić information content (AvgIpc) is 3.67. The molecule has 0 saturated heterocycles. The first kappa shape index (κ1) is 22.8. The number of nitrogens with one attached hydrogen (secondary N) is 1. The molecule has 1 fully saturated rings. The molecule has 0 amide bonds. The summed E-state index contributed by atoms with van der Waals surface area (Å²) >= 11 is 0. The van der Waals surface area contributed by atoms with Crippen LogP contribution in [0.25, 0.3) is 10.9 Å². The van der Waals surface area contributed by atoms with E-state index in [0.29, 0.717) is 49.4 Å². The highest BCUT2D eigenvalue weighted by Crippen LogP contribution is 2.35. The summed E-state index contributed by atoms with van der Waals surface area (Å²) in [6.07, 6.45) is 7.03. The Balaban J connectivity index is 1.37. The summed E-state index contributed by atoms with van der Waals surface area (Å²) in [7, 11) is 0. The van der Waals surface area contributed by atoms with Crippen molar-refractivity contribution in [2.45, 2.75) is 64.2 Å². The lowest BCUT2D eigenvalue weighted by Crippen LogP contribution is -2.32. The molecule has 1 aromatic carbocycles. The Morgan fingerprint density at radius 3 is 2.69 bits per heavy atom. The minimum Gasteiger partial charge on any atom is -0.486 e. The van der Waals surface area contributed by atoms with Gasteiger partial charge in [0.2, 0.25) is 0 Å². The second kappa shape index (κ2) is 9.77. The maximum absolute atomic E-state index is 13.2. The summed E-state index contributed by atoms with van der Waals surface area (Å²) in [5.41, 5.74) is 1.25. The van der Waals surface area contributed by atoms with Crippen molar-refractivity contribution in [3.05, 3.63) is 64.1 Å². The van der Waals surface area contributed by atoms with Crippen LogP contribution in [-0.2, 0) is 13.1 Å².